The van der Waals surface area contributed by atoms with Crippen molar-refractivity contribution in [3.05, 3.63) is 91.0 Å². The number of hydrogen-bond acceptors (Lipinski definition) is 4. The van der Waals surface area contributed by atoms with E-state index >= 15 is 0 Å². The van der Waals surface area contributed by atoms with Gasteiger partial charge in [-0.1, -0.05) is 42.5 Å². The predicted molar refractivity (Wildman–Crippen MR) is 112 cm³/mol. The van der Waals surface area contributed by atoms with Crippen molar-refractivity contribution in [3.8, 4) is 11.1 Å². The molecular formula is C23H19N5. The van der Waals surface area contributed by atoms with Gasteiger partial charge in [-0.3, -0.25) is 4.98 Å². The first kappa shape index (κ1) is 16.4. The van der Waals surface area contributed by atoms with Crippen LogP contribution in [0, 0.1) is 0 Å². The number of nitrogens with one attached hydrogen (secondary N) is 1. The van der Waals surface area contributed by atoms with Gasteiger partial charge in [-0.25, -0.2) is 4.98 Å². The Labute approximate surface area is 162 Å². The number of benzene rings is 2. The van der Waals surface area contributed by atoms with Gasteiger partial charge in [0.25, 0.3) is 0 Å². The fraction of sp³-hybridized carbons (Fsp3) is 0.0870. The van der Waals surface area contributed by atoms with E-state index in [0.29, 0.717) is 0 Å². The first-order valence-electron chi connectivity index (χ1n) is 9.34. The molecule has 0 bridgehead atoms. The van der Waals surface area contributed by atoms with Gasteiger partial charge >= 0.3 is 0 Å². The van der Waals surface area contributed by atoms with Gasteiger partial charge in [0.2, 0.25) is 0 Å². The summed E-state index contributed by atoms with van der Waals surface area (Å²) < 4.78 is 1.86. The molecular weight excluding hydrogens is 346 g/mol. The van der Waals surface area contributed by atoms with Crippen LogP contribution in [0.1, 0.15) is 5.69 Å². The number of anilines is 1. The van der Waals surface area contributed by atoms with Crippen LogP contribution in [-0.4, -0.2) is 26.1 Å². The summed E-state index contributed by atoms with van der Waals surface area (Å²) in [7, 11) is 0. The number of pyridine rings is 1. The van der Waals surface area contributed by atoms with Crippen LogP contribution < -0.4 is 5.32 Å². The first-order chi connectivity index (χ1) is 13.9. The van der Waals surface area contributed by atoms with Crippen molar-refractivity contribution in [3.63, 3.8) is 0 Å². The highest BCUT2D eigenvalue weighted by molar-refractivity contribution is 5.89. The Morgan fingerprint density at radius 2 is 1.71 bits per heavy atom. The molecule has 0 spiro atoms. The maximum absolute atomic E-state index is 4.58. The molecule has 5 heteroatoms. The van der Waals surface area contributed by atoms with E-state index in [9.17, 15) is 0 Å². The molecule has 0 aliphatic carbocycles. The molecule has 2 aromatic carbocycles. The van der Waals surface area contributed by atoms with Crippen LogP contribution in [0.3, 0.4) is 0 Å². The van der Waals surface area contributed by atoms with E-state index in [4.69, 9.17) is 0 Å². The highest BCUT2D eigenvalue weighted by atomic mass is 15.3. The minimum absolute atomic E-state index is 0.779. The molecule has 5 rings (SSSR count). The third-order valence-electron chi connectivity index (χ3n) is 4.88. The second kappa shape index (κ2) is 7.12. The van der Waals surface area contributed by atoms with E-state index in [-0.39, 0.29) is 0 Å². The monoisotopic (exact) mass is 365 g/mol. The van der Waals surface area contributed by atoms with Crippen molar-refractivity contribution >= 4 is 22.2 Å². The predicted octanol–water partition coefficient (Wildman–Crippen LogP) is 4.60. The van der Waals surface area contributed by atoms with Crippen LogP contribution in [-0.2, 0) is 6.42 Å². The van der Waals surface area contributed by atoms with Crippen molar-refractivity contribution < 1.29 is 0 Å². The zero-order valence-electron chi connectivity index (χ0n) is 15.3. The smallest absolute Gasteiger partial charge is 0.165 e. The van der Waals surface area contributed by atoms with Gasteiger partial charge in [-0.2, -0.15) is 9.61 Å². The van der Waals surface area contributed by atoms with Crippen molar-refractivity contribution in [2.75, 3.05) is 11.9 Å². The number of hydrogen-bond donors (Lipinski definition) is 1. The third kappa shape index (κ3) is 3.07. The van der Waals surface area contributed by atoms with E-state index in [0.717, 1.165) is 41.3 Å². The van der Waals surface area contributed by atoms with Gasteiger partial charge in [0, 0.05) is 36.6 Å². The average molecular weight is 365 g/mol. The lowest BCUT2D eigenvalue weighted by molar-refractivity contribution is 0.901. The van der Waals surface area contributed by atoms with E-state index in [1.165, 1.54) is 10.8 Å². The molecule has 3 heterocycles. The van der Waals surface area contributed by atoms with Crippen molar-refractivity contribution in [1.29, 1.82) is 0 Å². The Morgan fingerprint density at radius 1 is 0.821 bits per heavy atom. The lowest BCUT2D eigenvalue weighted by Crippen LogP contribution is -2.09. The molecule has 28 heavy (non-hydrogen) atoms. The SMILES string of the molecule is c1ccc(CCNc2ccnc3c(-c4ccc5ccccc5c4)cnn23)nc1. The Bertz CT molecular complexity index is 1240. The second-order valence-corrected chi connectivity index (χ2v) is 6.68. The molecule has 3 aromatic heterocycles. The third-order valence-corrected chi connectivity index (χ3v) is 4.88. The van der Waals surface area contributed by atoms with Crippen LogP contribution in [0.15, 0.2) is 85.3 Å². The Morgan fingerprint density at radius 3 is 2.61 bits per heavy atom. The molecule has 0 aliphatic rings. The molecule has 136 valence electrons. The minimum Gasteiger partial charge on any atom is -0.370 e. The summed E-state index contributed by atoms with van der Waals surface area (Å²) >= 11 is 0. The Balaban J connectivity index is 1.44. The average Bonchev–Trinajstić information content (AvgIpc) is 3.19. The van der Waals surface area contributed by atoms with Gasteiger partial charge in [0.05, 0.1) is 6.20 Å². The molecule has 0 atom stereocenters. The Hall–Kier alpha value is -3.73. The molecule has 0 unspecified atom stereocenters. The molecule has 0 saturated carbocycles. The molecule has 5 nitrogen and oxygen atoms in total. The van der Waals surface area contributed by atoms with Gasteiger partial charge in [0.15, 0.2) is 5.65 Å². The molecule has 5 aromatic rings. The molecule has 0 amide bonds. The number of nitrogens with zero attached hydrogens (tertiary/aromatic N) is 4. The number of aromatic nitrogens is 4. The lowest BCUT2D eigenvalue weighted by atomic mass is 10.0. The number of rotatable bonds is 5. The van der Waals surface area contributed by atoms with Crippen molar-refractivity contribution in [1.82, 2.24) is 19.6 Å². The van der Waals surface area contributed by atoms with Gasteiger partial charge in [-0.15, -0.1) is 0 Å². The first-order valence-corrected chi connectivity index (χ1v) is 9.34. The quantitative estimate of drug-likeness (QED) is 0.495. The summed E-state index contributed by atoms with van der Waals surface area (Å²) in [6.45, 7) is 0.779. The summed E-state index contributed by atoms with van der Waals surface area (Å²) in [5.41, 5.74) is 4.06. The second-order valence-electron chi connectivity index (χ2n) is 6.68. The zero-order valence-corrected chi connectivity index (χ0v) is 15.3. The lowest BCUT2D eigenvalue weighted by Gasteiger charge is -2.08. The van der Waals surface area contributed by atoms with Crippen LogP contribution >= 0.6 is 0 Å². The van der Waals surface area contributed by atoms with Crippen molar-refractivity contribution in [2.24, 2.45) is 0 Å². The minimum atomic E-state index is 0.779. The van der Waals surface area contributed by atoms with Crippen LogP contribution in [0.25, 0.3) is 27.5 Å². The van der Waals surface area contributed by atoms with Crippen LogP contribution in [0.2, 0.25) is 0 Å². The van der Waals surface area contributed by atoms with E-state index in [2.05, 4.69) is 62.8 Å². The molecule has 0 aliphatic heterocycles. The maximum atomic E-state index is 4.58. The van der Waals surface area contributed by atoms with Gasteiger partial charge in [-0.05, 0) is 40.6 Å². The molecule has 0 fully saturated rings. The fourth-order valence-corrected chi connectivity index (χ4v) is 3.45. The topological polar surface area (TPSA) is 55.1 Å². The summed E-state index contributed by atoms with van der Waals surface area (Å²) in [4.78, 5) is 8.94. The normalized spacial score (nSPS) is 11.1. The zero-order chi connectivity index (χ0) is 18.8. The standard InChI is InChI=1S/C23H19N5/c1-2-6-18-15-19(9-8-17(18)5-1)21-16-27-28-22(11-14-26-23(21)28)25-13-10-20-7-3-4-12-24-20/h1-9,11-12,14-16,25H,10,13H2. The largest absolute Gasteiger partial charge is 0.370 e. The van der Waals surface area contributed by atoms with Crippen LogP contribution in [0.5, 0.6) is 0 Å². The van der Waals surface area contributed by atoms with Gasteiger partial charge in [0.1, 0.15) is 5.82 Å². The molecule has 1 N–H and O–H groups in total. The maximum Gasteiger partial charge on any atom is 0.165 e. The highest BCUT2D eigenvalue weighted by Gasteiger charge is 2.11. The van der Waals surface area contributed by atoms with Gasteiger partial charge < -0.3 is 5.32 Å². The summed E-state index contributed by atoms with van der Waals surface area (Å²) in [5.74, 6) is 0.924. The summed E-state index contributed by atoms with van der Waals surface area (Å²) in [6.07, 6.45) is 6.38. The van der Waals surface area contributed by atoms with Crippen molar-refractivity contribution in [2.45, 2.75) is 6.42 Å². The molecule has 0 saturated heterocycles. The number of fused-ring (bicyclic) bond motifs is 2. The van der Waals surface area contributed by atoms with E-state index < -0.39 is 0 Å². The summed E-state index contributed by atoms with van der Waals surface area (Å²) in [6, 6.07) is 22.8. The van der Waals surface area contributed by atoms with E-state index in [1.54, 1.807) is 0 Å². The fourth-order valence-electron chi connectivity index (χ4n) is 3.45. The highest BCUT2D eigenvalue weighted by Crippen LogP contribution is 2.28. The summed E-state index contributed by atoms with van der Waals surface area (Å²) in [5, 5.41) is 10.5. The van der Waals surface area contributed by atoms with Crippen LogP contribution in [0.4, 0.5) is 5.82 Å². The van der Waals surface area contributed by atoms with E-state index in [1.807, 2.05) is 47.4 Å². The molecule has 0 radical (unpaired) electrons. The Kier molecular flexibility index (Phi) is 4.18.